The molecule has 0 aromatic heterocycles. The SMILES string of the molecule is Cc1ccc(-c2ccc(-c3ccc(C(=O)O)cc3)cc2)cc1. The van der Waals surface area contributed by atoms with Crippen LogP contribution in [0.15, 0.2) is 72.8 Å². The summed E-state index contributed by atoms with van der Waals surface area (Å²) in [5.41, 5.74) is 6.01. The zero-order valence-electron chi connectivity index (χ0n) is 12.3. The van der Waals surface area contributed by atoms with Gasteiger partial charge in [-0.25, -0.2) is 4.79 Å². The average molecular weight is 288 g/mol. The first-order valence-corrected chi connectivity index (χ1v) is 7.14. The lowest BCUT2D eigenvalue weighted by Crippen LogP contribution is -1.94. The lowest BCUT2D eigenvalue weighted by Gasteiger charge is -2.06. The Morgan fingerprint density at radius 2 is 0.955 bits per heavy atom. The molecule has 1 N–H and O–H groups in total. The van der Waals surface area contributed by atoms with E-state index in [2.05, 4.69) is 55.5 Å². The van der Waals surface area contributed by atoms with Crippen LogP contribution >= 0.6 is 0 Å². The van der Waals surface area contributed by atoms with E-state index < -0.39 is 5.97 Å². The minimum absolute atomic E-state index is 0.306. The molecule has 0 fully saturated rings. The second kappa shape index (κ2) is 5.86. The zero-order valence-corrected chi connectivity index (χ0v) is 12.3. The molecule has 0 bridgehead atoms. The van der Waals surface area contributed by atoms with E-state index in [4.69, 9.17) is 5.11 Å². The maximum absolute atomic E-state index is 10.9. The lowest BCUT2D eigenvalue weighted by molar-refractivity contribution is 0.0697. The van der Waals surface area contributed by atoms with E-state index in [0.29, 0.717) is 5.56 Å². The molecule has 0 aliphatic carbocycles. The zero-order chi connectivity index (χ0) is 15.5. The van der Waals surface area contributed by atoms with Crippen LogP contribution in [0, 0.1) is 6.92 Å². The summed E-state index contributed by atoms with van der Waals surface area (Å²) in [5.74, 6) is -0.902. The number of carboxylic acids is 1. The van der Waals surface area contributed by atoms with Gasteiger partial charge in [0.1, 0.15) is 0 Å². The fraction of sp³-hybridized carbons (Fsp3) is 0.0500. The molecule has 0 amide bonds. The molecule has 3 aromatic rings. The summed E-state index contributed by atoms with van der Waals surface area (Å²) in [6.07, 6.45) is 0. The Balaban J connectivity index is 1.87. The largest absolute Gasteiger partial charge is 0.478 e. The van der Waals surface area contributed by atoms with Crippen molar-refractivity contribution in [1.82, 2.24) is 0 Å². The van der Waals surface area contributed by atoms with Gasteiger partial charge in [0.05, 0.1) is 5.56 Å². The van der Waals surface area contributed by atoms with Crippen LogP contribution in [-0.2, 0) is 0 Å². The molecule has 0 aliphatic rings. The second-order valence-corrected chi connectivity index (χ2v) is 5.33. The topological polar surface area (TPSA) is 37.3 Å². The van der Waals surface area contributed by atoms with Crippen molar-refractivity contribution in [1.29, 1.82) is 0 Å². The molecule has 0 heterocycles. The number of aryl methyl sites for hydroxylation is 1. The van der Waals surface area contributed by atoms with Crippen molar-refractivity contribution in [2.24, 2.45) is 0 Å². The smallest absolute Gasteiger partial charge is 0.335 e. The molecular formula is C20H16O2. The van der Waals surface area contributed by atoms with E-state index >= 15 is 0 Å². The highest BCUT2D eigenvalue weighted by Crippen LogP contribution is 2.25. The number of aromatic carboxylic acids is 1. The molecule has 0 saturated heterocycles. The van der Waals surface area contributed by atoms with Crippen LogP contribution in [-0.4, -0.2) is 11.1 Å². The highest BCUT2D eigenvalue weighted by atomic mass is 16.4. The molecule has 2 heteroatoms. The van der Waals surface area contributed by atoms with Gasteiger partial charge in [-0.3, -0.25) is 0 Å². The minimum atomic E-state index is -0.902. The standard InChI is InChI=1S/C20H16O2/c1-14-2-4-15(5-3-14)16-6-8-17(9-7-16)18-10-12-19(13-11-18)20(21)22/h2-13H,1H3,(H,21,22). The van der Waals surface area contributed by atoms with Crippen LogP contribution in [0.3, 0.4) is 0 Å². The van der Waals surface area contributed by atoms with Crippen LogP contribution in [0.2, 0.25) is 0 Å². The summed E-state index contributed by atoms with van der Waals surface area (Å²) in [7, 11) is 0. The molecule has 0 spiro atoms. The summed E-state index contributed by atoms with van der Waals surface area (Å²) < 4.78 is 0. The van der Waals surface area contributed by atoms with E-state index in [1.807, 2.05) is 12.1 Å². The number of hydrogen-bond acceptors (Lipinski definition) is 1. The Labute approximate surface area is 129 Å². The molecule has 2 nitrogen and oxygen atoms in total. The van der Waals surface area contributed by atoms with E-state index in [1.165, 1.54) is 16.7 Å². The van der Waals surface area contributed by atoms with Crippen molar-refractivity contribution in [2.45, 2.75) is 6.92 Å². The Morgan fingerprint density at radius 3 is 1.32 bits per heavy atom. The quantitative estimate of drug-likeness (QED) is 0.734. The molecule has 3 aromatic carbocycles. The van der Waals surface area contributed by atoms with Crippen LogP contribution in [0.5, 0.6) is 0 Å². The van der Waals surface area contributed by atoms with E-state index in [0.717, 1.165) is 11.1 Å². The monoisotopic (exact) mass is 288 g/mol. The predicted molar refractivity (Wildman–Crippen MR) is 89.0 cm³/mol. The molecule has 0 unspecified atom stereocenters. The highest BCUT2D eigenvalue weighted by Gasteiger charge is 2.04. The molecule has 0 radical (unpaired) electrons. The first-order chi connectivity index (χ1) is 10.6. The summed E-state index contributed by atoms with van der Waals surface area (Å²) in [5, 5.41) is 8.93. The fourth-order valence-electron chi connectivity index (χ4n) is 2.41. The maximum Gasteiger partial charge on any atom is 0.335 e. The molecular weight excluding hydrogens is 272 g/mol. The van der Waals surface area contributed by atoms with Gasteiger partial charge in [0.15, 0.2) is 0 Å². The molecule has 22 heavy (non-hydrogen) atoms. The molecule has 0 atom stereocenters. The Kier molecular flexibility index (Phi) is 3.75. The third-order valence-corrected chi connectivity index (χ3v) is 3.73. The summed E-state index contributed by atoms with van der Waals surface area (Å²) in [6, 6.07) is 23.7. The number of benzene rings is 3. The molecule has 0 aliphatic heterocycles. The van der Waals surface area contributed by atoms with Gasteiger partial charge in [0.25, 0.3) is 0 Å². The van der Waals surface area contributed by atoms with Crippen LogP contribution in [0.4, 0.5) is 0 Å². The third kappa shape index (κ3) is 2.91. The summed E-state index contributed by atoms with van der Waals surface area (Å²) >= 11 is 0. The fourth-order valence-corrected chi connectivity index (χ4v) is 2.41. The van der Waals surface area contributed by atoms with Crippen molar-refractivity contribution in [3.63, 3.8) is 0 Å². The lowest BCUT2D eigenvalue weighted by atomic mass is 9.99. The van der Waals surface area contributed by atoms with Gasteiger partial charge in [0.2, 0.25) is 0 Å². The third-order valence-electron chi connectivity index (χ3n) is 3.73. The number of carbonyl (C=O) groups is 1. The van der Waals surface area contributed by atoms with Gasteiger partial charge >= 0.3 is 5.97 Å². The van der Waals surface area contributed by atoms with Crippen molar-refractivity contribution in [2.75, 3.05) is 0 Å². The average Bonchev–Trinajstić information content (AvgIpc) is 2.56. The molecule has 0 saturated carbocycles. The van der Waals surface area contributed by atoms with Gasteiger partial charge in [-0.15, -0.1) is 0 Å². The van der Waals surface area contributed by atoms with E-state index in [1.54, 1.807) is 12.1 Å². The maximum atomic E-state index is 10.9. The van der Waals surface area contributed by atoms with Crippen molar-refractivity contribution >= 4 is 5.97 Å². The normalized spacial score (nSPS) is 10.4. The van der Waals surface area contributed by atoms with Gasteiger partial charge < -0.3 is 5.11 Å². The van der Waals surface area contributed by atoms with E-state index in [9.17, 15) is 4.79 Å². The summed E-state index contributed by atoms with van der Waals surface area (Å²) in [6.45, 7) is 2.08. The van der Waals surface area contributed by atoms with Gasteiger partial charge in [0, 0.05) is 0 Å². The second-order valence-electron chi connectivity index (χ2n) is 5.33. The predicted octanol–water partition coefficient (Wildman–Crippen LogP) is 5.03. The first-order valence-electron chi connectivity index (χ1n) is 7.14. The number of carboxylic acid groups (broad SMARTS) is 1. The molecule has 108 valence electrons. The highest BCUT2D eigenvalue weighted by molar-refractivity contribution is 5.88. The van der Waals surface area contributed by atoms with Gasteiger partial charge in [-0.05, 0) is 41.3 Å². The van der Waals surface area contributed by atoms with Crippen molar-refractivity contribution < 1.29 is 9.90 Å². The number of hydrogen-bond donors (Lipinski definition) is 1. The molecule has 3 rings (SSSR count). The first kappa shape index (κ1) is 14.1. The Bertz CT molecular complexity index is 783. The van der Waals surface area contributed by atoms with Crippen LogP contribution < -0.4 is 0 Å². The van der Waals surface area contributed by atoms with E-state index in [-0.39, 0.29) is 0 Å². The van der Waals surface area contributed by atoms with Gasteiger partial charge in [-0.1, -0.05) is 66.2 Å². The summed E-state index contributed by atoms with van der Waals surface area (Å²) in [4.78, 5) is 10.9. The Hall–Kier alpha value is -2.87. The van der Waals surface area contributed by atoms with Crippen molar-refractivity contribution in [3.05, 3.63) is 83.9 Å². The van der Waals surface area contributed by atoms with Crippen LogP contribution in [0.1, 0.15) is 15.9 Å². The number of rotatable bonds is 3. The van der Waals surface area contributed by atoms with Crippen LogP contribution in [0.25, 0.3) is 22.3 Å². The Morgan fingerprint density at radius 1 is 0.636 bits per heavy atom. The van der Waals surface area contributed by atoms with Gasteiger partial charge in [-0.2, -0.15) is 0 Å². The van der Waals surface area contributed by atoms with Crippen molar-refractivity contribution in [3.8, 4) is 22.3 Å². The minimum Gasteiger partial charge on any atom is -0.478 e.